The number of nitrogens with zero attached hydrogens (tertiary/aromatic N) is 1. The van der Waals surface area contributed by atoms with Gasteiger partial charge in [-0.05, 0) is 72.2 Å². The number of benzene rings is 3. The van der Waals surface area contributed by atoms with Crippen molar-refractivity contribution in [2.24, 2.45) is 5.92 Å². The fourth-order valence-corrected chi connectivity index (χ4v) is 5.98. The first-order valence-corrected chi connectivity index (χ1v) is 14.2. The van der Waals surface area contributed by atoms with Crippen LogP contribution in [0.4, 0.5) is 0 Å². The number of hydrogen-bond acceptors (Lipinski definition) is 4. The van der Waals surface area contributed by atoms with Crippen molar-refractivity contribution in [1.82, 2.24) is 14.9 Å². The molecule has 0 aliphatic carbocycles. The Morgan fingerprint density at radius 3 is 2.13 bits per heavy atom. The largest absolute Gasteiger partial charge is 0.352 e. The van der Waals surface area contributed by atoms with E-state index in [1.54, 1.807) is 12.1 Å². The maximum atomic E-state index is 13.1. The Bertz CT molecular complexity index is 1350. The van der Waals surface area contributed by atoms with Crippen molar-refractivity contribution in [1.29, 1.82) is 0 Å². The van der Waals surface area contributed by atoms with Crippen LogP contribution in [0.5, 0.6) is 0 Å². The second kappa shape index (κ2) is 12.7. The van der Waals surface area contributed by atoms with E-state index in [4.69, 9.17) is 0 Å². The zero-order chi connectivity index (χ0) is 27.0. The molecule has 0 atom stereocenters. The molecule has 1 aliphatic rings. The van der Waals surface area contributed by atoms with Crippen LogP contribution in [0.15, 0.2) is 96.4 Å². The molecule has 3 aromatic carbocycles. The summed E-state index contributed by atoms with van der Waals surface area (Å²) in [6, 6.07) is 24.5. The average Bonchev–Trinajstić information content (AvgIpc) is 2.97. The van der Waals surface area contributed by atoms with Gasteiger partial charge in [0.1, 0.15) is 0 Å². The molecule has 198 valence electrons. The van der Waals surface area contributed by atoms with Gasteiger partial charge < -0.3 is 10.6 Å². The molecular formula is C30H33N3O4S. The third kappa shape index (κ3) is 6.96. The predicted octanol–water partition coefficient (Wildman–Crippen LogP) is 4.03. The summed E-state index contributed by atoms with van der Waals surface area (Å²) >= 11 is 0. The highest BCUT2D eigenvalue weighted by Crippen LogP contribution is 2.24. The Kier molecular flexibility index (Phi) is 9.10. The first kappa shape index (κ1) is 27.3. The fraction of sp³-hybridized carbons (Fsp3) is 0.267. The number of sulfonamides is 1. The molecule has 1 aliphatic heterocycles. The van der Waals surface area contributed by atoms with Crippen LogP contribution in [-0.2, 0) is 21.2 Å². The van der Waals surface area contributed by atoms with E-state index in [0.29, 0.717) is 51.0 Å². The van der Waals surface area contributed by atoms with Gasteiger partial charge in [-0.3, -0.25) is 9.59 Å². The van der Waals surface area contributed by atoms with Crippen molar-refractivity contribution in [3.8, 4) is 11.1 Å². The summed E-state index contributed by atoms with van der Waals surface area (Å²) in [6.45, 7) is 5.22. The van der Waals surface area contributed by atoms with Gasteiger partial charge >= 0.3 is 0 Å². The minimum atomic E-state index is -3.64. The summed E-state index contributed by atoms with van der Waals surface area (Å²) in [7, 11) is -3.64. The molecule has 2 amide bonds. The van der Waals surface area contributed by atoms with Gasteiger partial charge in [0.15, 0.2) is 0 Å². The fourth-order valence-electron chi connectivity index (χ4n) is 4.52. The SMILES string of the molecule is C=CC(=O)NCC1CCN(S(=O)(=O)c2ccc(C(=O)NCCc3ccc(-c4ccccc4)cc3)cc2)CC1. The number of carbonyl (C=O) groups is 2. The molecule has 38 heavy (non-hydrogen) atoms. The van der Waals surface area contributed by atoms with Crippen LogP contribution in [0.25, 0.3) is 11.1 Å². The van der Waals surface area contributed by atoms with Gasteiger partial charge in [0.25, 0.3) is 5.91 Å². The smallest absolute Gasteiger partial charge is 0.251 e. The molecular weight excluding hydrogens is 498 g/mol. The van der Waals surface area contributed by atoms with Gasteiger partial charge in [0.05, 0.1) is 4.90 Å². The van der Waals surface area contributed by atoms with E-state index in [1.807, 2.05) is 18.2 Å². The lowest BCUT2D eigenvalue weighted by Crippen LogP contribution is -2.41. The highest BCUT2D eigenvalue weighted by Gasteiger charge is 2.29. The second-order valence-electron chi connectivity index (χ2n) is 9.39. The second-order valence-corrected chi connectivity index (χ2v) is 11.3. The zero-order valence-electron chi connectivity index (χ0n) is 21.3. The third-order valence-corrected chi connectivity index (χ3v) is 8.75. The minimum Gasteiger partial charge on any atom is -0.352 e. The highest BCUT2D eigenvalue weighted by atomic mass is 32.2. The van der Waals surface area contributed by atoms with E-state index >= 15 is 0 Å². The summed E-state index contributed by atoms with van der Waals surface area (Å²) in [6.07, 6.45) is 3.27. The van der Waals surface area contributed by atoms with Gasteiger partial charge in [-0.25, -0.2) is 8.42 Å². The quantitative estimate of drug-likeness (QED) is 0.386. The lowest BCUT2D eigenvalue weighted by atomic mass is 9.98. The lowest BCUT2D eigenvalue weighted by molar-refractivity contribution is -0.116. The van der Waals surface area contributed by atoms with Crippen molar-refractivity contribution in [2.45, 2.75) is 24.2 Å². The maximum Gasteiger partial charge on any atom is 0.251 e. The minimum absolute atomic E-state index is 0.172. The van der Waals surface area contributed by atoms with E-state index in [2.05, 4.69) is 53.6 Å². The zero-order valence-corrected chi connectivity index (χ0v) is 22.1. The number of hydrogen-bond donors (Lipinski definition) is 2. The van der Waals surface area contributed by atoms with Gasteiger partial charge in [0.2, 0.25) is 15.9 Å². The molecule has 1 heterocycles. The van der Waals surface area contributed by atoms with E-state index in [0.717, 1.165) is 16.7 Å². The summed E-state index contributed by atoms with van der Waals surface area (Å²) in [5.74, 6) is -0.225. The summed E-state index contributed by atoms with van der Waals surface area (Å²) in [4.78, 5) is 24.1. The van der Waals surface area contributed by atoms with Crippen molar-refractivity contribution in [2.75, 3.05) is 26.2 Å². The lowest BCUT2D eigenvalue weighted by Gasteiger charge is -2.31. The number of carbonyl (C=O) groups excluding carboxylic acids is 2. The molecule has 8 heteroatoms. The van der Waals surface area contributed by atoms with Crippen LogP contribution in [-0.4, -0.2) is 50.7 Å². The van der Waals surface area contributed by atoms with Crippen molar-refractivity contribution >= 4 is 21.8 Å². The molecule has 3 aromatic rings. The van der Waals surface area contributed by atoms with E-state index in [9.17, 15) is 18.0 Å². The third-order valence-electron chi connectivity index (χ3n) is 6.84. The number of rotatable bonds is 10. The van der Waals surface area contributed by atoms with Crippen LogP contribution in [0.2, 0.25) is 0 Å². The normalized spacial score (nSPS) is 14.5. The van der Waals surface area contributed by atoms with Gasteiger partial charge in [-0.2, -0.15) is 4.31 Å². The van der Waals surface area contributed by atoms with Crippen molar-refractivity contribution < 1.29 is 18.0 Å². The highest BCUT2D eigenvalue weighted by molar-refractivity contribution is 7.89. The number of piperidine rings is 1. The first-order valence-electron chi connectivity index (χ1n) is 12.8. The molecule has 1 fully saturated rings. The summed E-state index contributed by atoms with van der Waals surface area (Å²) in [5, 5.41) is 5.68. The molecule has 0 aromatic heterocycles. The van der Waals surface area contributed by atoms with E-state index in [1.165, 1.54) is 22.5 Å². The molecule has 0 saturated carbocycles. The van der Waals surface area contributed by atoms with Crippen LogP contribution in [0.1, 0.15) is 28.8 Å². The average molecular weight is 532 g/mol. The molecule has 0 unspecified atom stereocenters. The molecule has 0 spiro atoms. The van der Waals surface area contributed by atoms with Crippen LogP contribution in [0.3, 0.4) is 0 Å². The maximum absolute atomic E-state index is 13.1. The van der Waals surface area contributed by atoms with Gasteiger partial charge in [-0.15, -0.1) is 0 Å². The van der Waals surface area contributed by atoms with Crippen LogP contribution >= 0.6 is 0 Å². The molecule has 4 rings (SSSR count). The monoisotopic (exact) mass is 531 g/mol. The number of amides is 2. The van der Waals surface area contributed by atoms with Crippen molar-refractivity contribution in [3.05, 3.63) is 103 Å². The van der Waals surface area contributed by atoms with Crippen LogP contribution < -0.4 is 10.6 Å². The summed E-state index contributed by atoms with van der Waals surface area (Å²) in [5.41, 5.74) is 3.85. The molecule has 0 bridgehead atoms. The van der Waals surface area contributed by atoms with Gasteiger partial charge in [0, 0.05) is 31.7 Å². The molecule has 1 saturated heterocycles. The standard InChI is InChI=1S/C30H33N3O4S/c1-2-29(34)32-22-24-17-20-33(21-18-24)38(36,37)28-14-12-27(13-15-28)30(35)31-19-16-23-8-10-26(11-9-23)25-6-4-3-5-7-25/h2-15,24H,1,16-22H2,(H,31,35)(H,32,34). The first-order chi connectivity index (χ1) is 18.4. The Morgan fingerprint density at radius 1 is 0.868 bits per heavy atom. The van der Waals surface area contributed by atoms with Crippen LogP contribution in [0, 0.1) is 5.92 Å². The van der Waals surface area contributed by atoms with Crippen molar-refractivity contribution in [3.63, 3.8) is 0 Å². The predicted molar refractivity (Wildman–Crippen MR) is 149 cm³/mol. The van der Waals surface area contributed by atoms with E-state index < -0.39 is 10.0 Å². The number of nitrogens with one attached hydrogen (secondary N) is 2. The Hall–Kier alpha value is -3.75. The van der Waals surface area contributed by atoms with Gasteiger partial charge in [-0.1, -0.05) is 61.2 Å². The Balaban J connectivity index is 1.25. The Morgan fingerprint density at radius 2 is 1.50 bits per heavy atom. The topological polar surface area (TPSA) is 95.6 Å². The molecule has 7 nitrogen and oxygen atoms in total. The summed E-state index contributed by atoms with van der Waals surface area (Å²) < 4.78 is 27.6. The Labute approximate surface area is 224 Å². The van der Waals surface area contributed by atoms with E-state index in [-0.39, 0.29) is 22.6 Å². The molecule has 0 radical (unpaired) electrons. The molecule has 2 N–H and O–H groups in total.